The summed E-state index contributed by atoms with van der Waals surface area (Å²) in [6.45, 7) is 5.23. The second-order valence-corrected chi connectivity index (χ2v) is 5.76. The molecule has 1 aromatic carbocycles. The molecule has 0 heterocycles. The lowest BCUT2D eigenvalue weighted by atomic mass is 10.0. The van der Waals surface area contributed by atoms with Gasteiger partial charge in [0.1, 0.15) is 11.5 Å². The van der Waals surface area contributed by atoms with E-state index >= 15 is 0 Å². The van der Waals surface area contributed by atoms with E-state index in [2.05, 4.69) is 19.2 Å². The van der Waals surface area contributed by atoms with E-state index in [0.717, 1.165) is 17.9 Å². The smallest absolute Gasteiger partial charge is 0.220 e. The molecule has 1 rings (SSSR count). The highest BCUT2D eigenvalue weighted by atomic mass is 16.5. The Morgan fingerprint density at radius 2 is 1.86 bits per heavy atom. The first-order valence-corrected chi connectivity index (χ1v) is 7.81. The molecule has 0 spiro atoms. The molecule has 0 fully saturated rings. The summed E-state index contributed by atoms with van der Waals surface area (Å²) < 4.78 is 10.7. The molecule has 1 atom stereocenters. The molecule has 0 aliphatic carbocycles. The Kier molecular flexibility index (Phi) is 8.36. The summed E-state index contributed by atoms with van der Waals surface area (Å²) in [5.74, 6) is 2.13. The van der Waals surface area contributed by atoms with E-state index in [9.17, 15) is 4.79 Å². The minimum absolute atomic E-state index is 0.0365. The van der Waals surface area contributed by atoms with Crippen molar-refractivity contribution in [3.05, 3.63) is 24.3 Å². The van der Waals surface area contributed by atoms with Crippen molar-refractivity contribution in [2.75, 3.05) is 20.3 Å². The maximum atomic E-state index is 11.8. The third-order valence-electron chi connectivity index (χ3n) is 3.28. The van der Waals surface area contributed by atoms with Gasteiger partial charge in [-0.25, -0.2) is 0 Å². The maximum absolute atomic E-state index is 11.8. The predicted molar refractivity (Wildman–Crippen MR) is 88.2 cm³/mol. The van der Waals surface area contributed by atoms with Crippen LogP contribution in [0.2, 0.25) is 0 Å². The fraction of sp³-hybridized carbons (Fsp3) is 0.588. The molecule has 5 heteroatoms. The average molecular weight is 308 g/mol. The average Bonchev–Trinajstić information content (AvgIpc) is 2.51. The van der Waals surface area contributed by atoms with Gasteiger partial charge in [0.25, 0.3) is 0 Å². The Morgan fingerprint density at radius 3 is 2.41 bits per heavy atom. The number of carbonyl (C=O) groups is 1. The number of rotatable bonds is 10. The Bertz CT molecular complexity index is 432. The normalized spacial score (nSPS) is 12.0. The van der Waals surface area contributed by atoms with Crippen molar-refractivity contribution >= 4 is 5.91 Å². The van der Waals surface area contributed by atoms with E-state index < -0.39 is 0 Å². The van der Waals surface area contributed by atoms with Crippen LogP contribution in [0.4, 0.5) is 0 Å². The molecule has 1 aromatic rings. The summed E-state index contributed by atoms with van der Waals surface area (Å²) >= 11 is 0. The van der Waals surface area contributed by atoms with Crippen molar-refractivity contribution in [1.82, 2.24) is 5.32 Å². The fourth-order valence-electron chi connectivity index (χ4n) is 2.18. The number of amides is 1. The van der Waals surface area contributed by atoms with Crippen LogP contribution in [0.15, 0.2) is 24.3 Å². The molecule has 1 unspecified atom stereocenters. The minimum Gasteiger partial charge on any atom is -0.497 e. The number of hydrogen-bond acceptors (Lipinski definition) is 4. The Morgan fingerprint density at radius 1 is 1.23 bits per heavy atom. The highest BCUT2D eigenvalue weighted by molar-refractivity contribution is 5.76. The van der Waals surface area contributed by atoms with Crippen molar-refractivity contribution in [3.63, 3.8) is 0 Å². The molecular formula is C17H28N2O3. The van der Waals surface area contributed by atoms with Gasteiger partial charge in [-0.2, -0.15) is 0 Å². The molecule has 5 nitrogen and oxygen atoms in total. The molecular weight excluding hydrogens is 280 g/mol. The predicted octanol–water partition coefficient (Wildman–Crippen LogP) is 2.34. The lowest BCUT2D eigenvalue weighted by Crippen LogP contribution is -2.41. The number of hydrogen-bond donors (Lipinski definition) is 2. The van der Waals surface area contributed by atoms with Crippen LogP contribution in [0.1, 0.15) is 33.1 Å². The van der Waals surface area contributed by atoms with Crippen LogP contribution >= 0.6 is 0 Å². The molecule has 0 radical (unpaired) electrons. The summed E-state index contributed by atoms with van der Waals surface area (Å²) in [7, 11) is 1.63. The monoisotopic (exact) mass is 308 g/mol. The van der Waals surface area contributed by atoms with Crippen molar-refractivity contribution in [1.29, 1.82) is 0 Å². The molecule has 22 heavy (non-hydrogen) atoms. The molecule has 0 saturated carbocycles. The summed E-state index contributed by atoms with van der Waals surface area (Å²) in [5, 5.41) is 2.98. The zero-order valence-corrected chi connectivity index (χ0v) is 13.8. The van der Waals surface area contributed by atoms with Crippen LogP contribution in [-0.4, -0.2) is 32.2 Å². The van der Waals surface area contributed by atoms with Gasteiger partial charge in [0.15, 0.2) is 0 Å². The molecule has 0 aromatic heterocycles. The van der Waals surface area contributed by atoms with Gasteiger partial charge >= 0.3 is 0 Å². The molecule has 1 amide bonds. The van der Waals surface area contributed by atoms with Crippen LogP contribution in [0.3, 0.4) is 0 Å². The highest BCUT2D eigenvalue weighted by Gasteiger charge is 2.12. The van der Waals surface area contributed by atoms with Crippen LogP contribution in [0.25, 0.3) is 0 Å². The summed E-state index contributed by atoms with van der Waals surface area (Å²) in [6.07, 6.45) is 2.03. The van der Waals surface area contributed by atoms with Crippen molar-refractivity contribution in [2.24, 2.45) is 11.7 Å². The van der Waals surface area contributed by atoms with Gasteiger partial charge in [-0.1, -0.05) is 13.8 Å². The third kappa shape index (κ3) is 7.31. The molecule has 124 valence electrons. The fourth-order valence-corrected chi connectivity index (χ4v) is 2.18. The molecule has 0 bridgehead atoms. The van der Waals surface area contributed by atoms with E-state index in [1.165, 1.54) is 0 Å². The van der Waals surface area contributed by atoms with Crippen LogP contribution in [0, 0.1) is 5.92 Å². The largest absolute Gasteiger partial charge is 0.497 e. The van der Waals surface area contributed by atoms with Gasteiger partial charge in [0.05, 0.1) is 13.7 Å². The summed E-state index contributed by atoms with van der Waals surface area (Å²) in [4.78, 5) is 11.8. The van der Waals surface area contributed by atoms with Crippen LogP contribution in [-0.2, 0) is 4.79 Å². The van der Waals surface area contributed by atoms with E-state index in [4.69, 9.17) is 15.2 Å². The van der Waals surface area contributed by atoms with Gasteiger partial charge < -0.3 is 20.5 Å². The van der Waals surface area contributed by atoms with Crippen molar-refractivity contribution in [3.8, 4) is 11.5 Å². The van der Waals surface area contributed by atoms with E-state index in [-0.39, 0.29) is 11.9 Å². The summed E-state index contributed by atoms with van der Waals surface area (Å²) in [5.41, 5.74) is 5.67. The minimum atomic E-state index is 0.0365. The highest BCUT2D eigenvalue weighted by Crippen LogP contribution is 2.17. The first-order chi connectivity index (χ1) is 10.5. The SMILES string of the molecule is COc1ccc(OCCCC(=O)NC(CN)CC(C)C)cc1. The van der Waals surface area contributed by atoms with Crippen molar-refractivity contribution in [2.45, 2.75) is 39.2 Å². The number of benzene rings is 1. The lowest BCUT2D eigenvalue weighted by Gasteiger charge is -2.18. The van der Waals surface area contributed by atoms with Gasteiger partial charge in [-0.3, -0.25) is 4.79 Å². The number of nitrogens with one attached hydrogen (secondary N) is 1. The number of methoxy groups -OCH3 is 1. The zero-order valence-electron chi connectivity index (χ0n) is 13.8. The lowest BCUT2D eigenvalue weighted by molar-refractivity contribution is -0.122. The second kappa shape index (κ2) is 10.1. The Labute approximate surface area is 133 Å². The summed E-state index contributed by atoms with van der Waals surface area (Å²) in [6, 6.07) is 7.47. The molecule has 0 saturated heterocycles. The third-order valence-corrected chi connectivity index (χ3v) is 3.28. The van der Waals surface area contributed by atoms with Gasteiger partial charge in [-0.15, -0.1) is 0 Å². The topological polar surface area (TPSA) is 73.6 Å². The second-order valence-electron chi connectivity index (χ2n) is 5.76. The maximum Gasteiger partial charge on any atom is 0.220 e. The van der Waals surface area contributed by atoms with Crippen LogP contribution in [0.5, 0.6) is 11.5 Å². The van der Waals surface area contributed by atoms with E-state index in [1.54, 1.807) is 7.11 Å². The Balaban J connectivity index is 2.21. The van der Waals surface area contributed by atoms with E-state index in [1.807, 2.05) is 24.3 Å². The standard InChI is InChI=1S/C17H28N2O3/c1-13(2)11-14(12-18)19-17(20)5-4-10-22-16-8-6-15(21-3)7-9-16/h6-9,13-14H,4-5,10-12,18H2,1-3H3,(H,19,20). The quantitative estimate of drug-likeness (QED) is 0.651. The van der Waals surface area contributed by atoms with Gasteiger partial charge in [0.2, 0.25) is 5.91 Å². The van der Waals surface area contributed by atoms with E-state index in [0.29, 0.717) is 31.9 Å². The van der Waals surface area contributed by atoms with Crippen LogP contribution < -0.4 is 20.5 Å². The van der Waals surface area contributed by atoms with Gasteiger partial charge in [-0.05, 0) is 43.0 Å². The van der Waals surface area contributed by atoms with Gasteiger partial charge in [0, 0.05) is 19.0 Å². The first-order valence-electron chi connectivity index (χ1n) is 7.81. The molecule has 0 aliphatic heterocycles. The number of carbonyl (C=O) groups excluding carboxylic acids is 1. The molecule has 0 aliphatic rings. The molecule has 3 N–H and O–H groups in total. The first kappa shape index (κ1) is 18.3. The zero-order chi connectivity index (χ0) is 16.4. The number of nitrogens with two attached hydrogens (primary N) is 1. The van der Waals surface area contributed by atoms with Crippen molar-refractivity contribution < 1.29 is 14.3 Å². The number of ether oxygens (including phenoxy) is 2. The Hall–Kier alpha value is -1.75.